The zero-order valence-corrected chi connectivity index (χ0v) is 6.96. The van der Waals surface area contributed by atoms with Crippen molar-refractivity contribution >= 4 is 0 Å². The van der Waals surface area contributed by atoms with Crippen LogP contribution >= 0.6 is 0 Å². The van der Waals surface area contributed by atoms with E-state index in [1.54, 1.807) is 0 Å². The van der Waals surface area contributed by atoms with Crippen LogP contribution in [-0.4, -0.2) is 18.8 Å². The van der Waals surface area contributed by atoms with E-state index in [0.29, 0.717) is 12.1 Å². The smallest absolute Gasteiger partial charge is 0.0623 e. The lowest BCUT2D eigenvalue weighted by Gasteiger charge is -2.26. The molecule has 2 rings (SSSR count). The molecular weight excluding hydrogens is 138 g/mol. The van der Waals surface area contributed by atoms with Gasteiger partial charge in [0.1, 0.15) is 0 Å². The number of hydrogen-bond donors (Lipinski definition) is 1. The zero-order valence-electron chi connectivity index (χ0n) is 6.96. The lowest BCUT2D eigenvalue weighted by molar-refractivity contribution is -0.00638. The van der Waals surface area contributed by atoms with Crippen molar-refractivity contribution in [2.45, 2.75) is 44.2 Å². The van der Waals surface area contributed by atoms with Gasteiger partial charge < -0.3 is 10.5 Å². The minimum absolute atomic E-state index is 0.329. The second-order valence-corrected chi connectivity index (χ2v) is 3.89. The second-order valence-electron chi connectivity index (χ2n) is 3.89. The van der Waals surface area contributed by atoms with Gasteiger partial charge in [-0.3, -0.25) is 0 Å². The summed E-state index contributed by atoms with van der Waals surface area (Å²) in [4.78, 5) is 0. The van der Waals surface area contributed by atoms with Crippen molar-refractivity contribution in [2.75, 3.05) is 6.61 Å². The molecule has 0 aromatic rings. The van der Waals surface area contributed by atoms with Crippen molar-refractivity contribution in [3.05, 3.63) is 0 Å². The number of rotatable bonds is 4. The van der Waals surface area contributed by atoms with Crippen molar-refractivity contribution in [1.29, 1.82) is 0 Å². The lowest BCUT2D eigenvalue weighted by Crippen LogP contribution is -2.33. The maximum absolute atomic E-state index is 5.88. The van der Waals surface area contributed by atoms with Crippen LogP contribution in [0, 0.1) is 5.92 Å². The molecule has 11 heavy (non-hydrogen) atoms. The fourth-order valence-corrected chi connectivity index (χ4v) is 1.45. The van der Waals surface area contributed by atoms with Crippen LogP contribution in [0.15, 0.2) is 0 Å². The summed E-state index contributed by atoms with van der Waals surface area (Å²) < 4.78 is 5.62. The maximum atomic E-state index is 5.88. The first-order valence-electron chi connectivity index (χ1n) is 4.73. The summed E-state index contributed by atoms with van der Waals surface area (Å²) in [6, 6.07) is 0.329. The Morgan fingerprint density at radius 2 is 2.00 bits per heavy atom. The summed E-state index contributed by atoms with van der Waals surface area (Å²) in [5.74, 6) is 0.787. The van der Waals surface area contributed by atoms with Gasteiger partial charge in [-0.25, -0.2) is 0 Å². The van der Waals surface area contributed by atoms with Gasteiger partial charge in [-0.2, -0.15) is 0 Å². The van der Waals surface area contributed by atoms with Crippen molar-refractivity contribution in [3.63, 3.8) is 0 Å². The van der Waals surface area contributed by atoms with Crippen molar-refractivity contribution in [1.82, 2.24) is 0 Å². The topological polar surface area (TPSA) is 35.2 Å². The second kappa shape index (κ2) is 3.11. The van der Waals surface area contributed by atoms with Crippen molar-refractivity contribution in [2.24, 2.45) is 11.7 Å². The lowest BCUT2D eigenvalue weighted by atomic mass is 9.96. The van der Waals surface area contributed by atoms with Crippen LogP contribution in [-0.2, 0) is 4.74 Å². The Balaban J connectivity index is 1.57. The molecule has 2 N–H and O–H groups in total. The van der Waals surface area contributed by atoms with E-state index in [1.807, 2.05) is 0 Å². The highest BCUT2D eigenvalue weighted by molar-refractivity contribution is 4.84. The summed E-state index contributed by atoms with van der Waals surface area (Å²) in [6.45, 7) is 0.801. The maximum Gasteiger partial charge on any atom is 0.0623 e. The van der Waals surface area contributed by atoms with Gasteiger partial charge in [0, 0.05) is 6.04 Å². The molecule has 1 atom stereocenters. The molecule has 64 valence electrons. The van der Waals surface area contributed by atoms with E-state index in [-0.39, 0.29) is 0 Å². The average Bonchev–Trinajstić information content (AvgIpc) is 2.64. The van der Waals surface area contributed by atoms with Crippen LogP contribution < -0.4 is 5.73 Å². The van der Waals surface area contributed by atoms with Crippen LogP contribution in [0.5, 0.6) is 0 Å². The van der Waals surface area contributed by atoms with Crippen molar-refractivity contribution in [3.8, 4) is 0 Å². The Morgan fingerprint density at radius 1 is 1.27 bits per heavy atom. The molecular formula is C9H17NO. The minimum Gasteiger partial charge on any atom is -0.377 e. The zero-order chi connectivity index (χ0) is 7.68. The standard InChI is InChI=1S/C9H17NO/c10-9(7-4-5-7)6-11-8-2-1-3-8/h7-9H,1-6,10H2. The molecule has 0 amide bonds. The molecule has 0 radical (unpaired) electrons. The summed E-state index contributed by atoms with van der Waals surface area (Å²) >= 11 is 0. The Labute approximate surface area is 68.1 Å². The monoisotopic (exact) mass is 155 g/mol. The highest BCUT2D eigenvalue weighted by Crippen LogP contribution is 2.32. The molecule has 1 unspecified atom stereocenters. The summed E-state index contributed by atoms with van der Waals surface area (Å²) in [7, 11) is 0. The Bertz CT molecular complexity index is 130. The highest BCUT2D eigenvalue weighted by atomic mass is 16.5. The first kappa shape index (κ1) is 7.56. The summed E-state index contributed by atoms with van der Waals surface area (Å²) in [6.07, 6.45) is 7.09. The van der Waals surface area contributed by atoms with E-state index in [1.165, 1.54) is 32.1 Å². The molecule has 0 spiro atoms. The quantitative estimate of drug-likeness (QED) is 0.664. The van der Waals surface area contributed by atoms with E-state index in [9.17, 15) is 0 Å². The molecule has 2 aliphatic carbocycles. The first-order valence-corrected chi connectivity index (χ1v) is 4.73. The van der Waals surface area contributed by atoms with Crippen LogP contribution in [0.2, 0.25) is 0 Å². The third-order valence-corrected chi connectivity index (χ3v) is 2.80. The largest absolute Gasteiger partial charge is 0.377 e. The molecule has 0 heterocycles. The van der Waals surface area contributed by atoms with Gasteiger partial charge in [0.15, 0.2) is 0 Å². The predicted molar refractivity (Wildman–Crippen MR) is 44.3 cm³/mol. The van der Waals surface area contributed by atoms with E-state index in [2.05, 4.69) is 0 Å². The van der Waals surface area contributed by atoms with Crippen LogP contribution in [0.3, 0.4) is 0 Å². The summed E-state index contributed by atoms with van der Waals surface area (Å²) in [5, 5.41) is 0. The number of ether oxygens (including phenoxy) is 1. The average molecular weight is 155 g/mol. The molecule has 2 nitrogen and oxygen atoms in total. The minimum atomic E-state index is 0.329. The molecule has 2 heteroatoms. The van der Waals surface area contributed by atoms with Gasteiger partial charge in [-0.05, 0) is 38.0 Å². The summed E-state index contributed by atoms with van der Waals surface area (Å²) in [5.41, 5.74) is 5.88. The van der Waals surface area contributed by atoms with E-state index >= 15 is 0 Å². The van der Waals surface area contributed by atoms with Gasteiger partial charge in [-0.1, -0.05) is 0 Å². The molecule has 2 fully saturated rings. The fraction of sp³-hybridized carbons (Fsp3) is 1.00. The predicted octanol–water partition coefficient (Wildman–Crippen LogP) is 1.29. The van der Waals surface area contributed by atoms with Crippen LogP contribution in [0.4, 0.5) is 0 Å². The third-order valence-electron chi connectivity index (χ3n) is 2.80. The molecule has 0 bridgehead atoms. The first-order chi connectivity index (χ1) is 5.36. The fourth-order valence-electron chi connectivity index (χ4n) is 1.45. The van der Waals surface area contributed by atoms with Gasteiger partial charge in [0.05, 0.1) is 12.7 Å². The molecule has 2 aliphatic rings. The molecule has 0 aliphatic heterocycles. The van der Waals surface area contributed by atoms with Crippen LogP contribution in [0.25, 0.3) is 0 Å². The molecule has 0 aromatic heterocycles. The van der Waals surface area contributed by atoms with E-state index in [4.69, 9.17) is 10.5 Å². The normalized spacial score (nSPS) is 28.1. The van der Waals surface area contributed by atoms with Crippen LogP contribution in [0.1, 0.15) is 32.1 Å². The van der Waals surface area contributed by atoms with Gasteiger partial charge in [0.25, 0.3) is 0 Å². The van der Waals surface area contributed by atoms with Gasteiger partial charge >= 0.3 is 0 Å². The Kier molecular flexibility index (Phi) is 2.14. The van der Waals surface area contributed by atoms with Gasteiger partial charge in [-0.15, -0.1) is 0 Å². The van der Waals surface area contributed by atoms with Gasteiger partial charge in [0.2, 0.25) is 0 Å². The Morgan fingerprint density at radius 3 is 2.45 bits per heavy atom. The van der Waals surface area contributed by atoms with Crippen molar-refractivity contribution < 1.29 is 4.74 Å². The van der Waals surface area contributed by atoms with E-state index in [0.717, 1.165) is 12.5 Å². The highest BCUT2D eigenvalue weighted by Gasteiger charge is 2.29. The molecule has 0 aromatic carbocycles. The Hall–Kier alpha value is -0.0800. The number of hydrogen-bond acceptors (Lipinski definition) is 2. The molecule has 2 saturated carbocycles. The SMILES string of the molecule is NC(COC1CCC1)C1CC1. The molecule has 0 saturated heterocycles. The number of nitrogens with two attached hydrogens (primary N) is 1. The van der Waals surface area contributed by atoms with E-state index < -0.39 is 0 Å². The third kappa shape index (κ3) is 1.94.